The number of aliphatic hydroxyl groups excluding tert-OH is 1. The molecule has 6 nitrogen and oxygen atoms in total. The summed E-state index contributed by atoms with van der Waals surface area (Å²) >= 11 is 0. The molecular weight excluding hydrogens is 359 g/mol. The van der Waals surface area contributed by atoms with E-state index in [1.165, 1.54) is 16.4 Å². The quantitative estimate of drug-likeness (QED) is 0.877. The monoisotopic (exact) mass is 375 g/mol. The second-order valence-corrected chi connectivity index (χ2v) is 8.77. The van der Waals surface area contributed by atoms with E-state index in [9.17, 15) is 21.6 Å². The van der Waals surface area contributed by atoms with Crippen LogP contribution < -0.4 is 0 Å². The fraction of sp³-hybridized carbons (Fsp3) is 0.600. The molecule has 1 spiro atoms. The minimum absolute atomic E-state index is 0.0386. The van der Waals surface area contributed by atoms with Crippen LogP contribution in [0.1, 0.15) is 24.8 Å². The third kappa shape index (κ3) is 2.27. The summed E-state index contributed by atoms with van der Waals surface area (Å²) in [4.78, 5) is -0.0410. The number of halogens is 3. The van der Waals surface area contributed by atoms with Crippen molar-refractivity contribution in [1.82, 2.24) is 4.31 Å². The molecule has 1 saturated heterocycles. The maximum atomic E-state index is 13.0. The summed E-state index contributed by atoms with van der Waals surface area (Å²) in [5.74, 6) is 0.116. The second kappa shape index (κ2) is 5.01. The number of benzene rings is 1. The molecule has 0 atom stereocenters. The molecule has 25 heavy (non-hydrogen) atoms. The lowest BCUT2D eigenvalue weighted by molar-refractivity contribution is -0.166. The number of rotatable bonds is 4. The Morgan fingerprint density at radius 1 is 1.20 bits per heavy atom. The lowest BCUT2D eigenvalue weighted by atomic mass is 9.63. The van der Waals surface area contributed by atoms with Crippen molar-refractivity contribution in [2.45, 2.75) is 41.5 Å². The van der Waals surface area contributed by atoms with Crippen LogP contribution in [0.3, 0.4) is 0 Å². The summed E-state index contributed by atoms with van der Waals surface area (Å²) < 4.78 is 66.0. The highest BCUT2D eigenvalue weighted by atomic mass is 32.2. The summed E-state index contributed by atoms with van der Waals surface area (Å²) in [6, 6.07) is 4.58. The second-order valence-electron chi connectivity index (χ2n) is 6.90. The molecule has 0 amide bonds. The number of hydrogen-bond donors (Lipinski definition) is 1. The average Bonchev–Trinajstić information content (AvgIpc) is 3.26. The molecule has 0 unspecified atom stereocenters. The molecule has 1 aromatic carbocycles. The van der Waals surface area contributed by atoms with Crippen molar-refractivity contribution in [1.29, 1.82) is 0 Å². The number of hydrogen-bond acceptors (Lipinski definition) is 5. The molecule has 10 heteroatoms. The summed E-state index contributed by atoms with van der Waals surface area (Å²) in [7, 11) is -3.77. The molecule has 3 aliphatic rings. The normalized spacial score (nSPS) is 30.8. The first-order valence-corrected chi connectivity index (χ1v) is 9.34. The van der Waals surface area contributed by atoms with Gasteiger partial charge in [-0.05, 0) is 37.3 Å². The Balaban J connectivity index is 1.56. The fourth-order valence-electron chi connectivity index (χ4n) is 3.88. The summed E-state index contributed by atoms with van der Waals surface area (Å²) in [5.41, 5.74) is -3.17. The van der Waals surface area contributed by atoms with E-state index < -0.39 is 27.4 Å². The average molecular weight is 375 g/mol. The molecule has 1 N–H and O–H groups in total. The van der Waals surface area contributed by atoms with Crippen molar-refractivity contribution in [2.24, 2.45) is 16.1 Å². The SMILES string of the molecule is O=S(=O)(c1ccc(C2(C(F)(F)F)N=N2)cc1)N1CCC12CC(CO)C2. The van der Waals surface area contributed by atoms with E-state index in [1.807, 2.05) is 0 Å². The number of alkyl halides is 3. The summed E-state index contributed by atoms with van der Waals surface area (Å²) in [6.07, 6.45) is -2.65. The summed E-state index contributed by atoms with van der Waals surface area (Å²) in [6.45, 7) is 0.427. The highest BCUT2D eigenvalue weighted by Crippen LogP contribution is 2.54. The Kier molecular flexibility index (Phi) is 3.39. The van der Waals surface area contributed by atoms with Gasteiger partial charge in [0.2, 0.25) is 10.0 Å². The minimum atomic E-state index is -4.64. The Morgan fingerprint density at radius 3 is 2.20 bits per heavy atom. The molecule has 2 fully saturated rings. The Bertz CT molecular complexity index is 824. The molecule has 2 aliphatic heterocycles. The van der Waals surface area contributed by atoms with E-state index in [-0.39, 0.29) is 23.0 Å². The molecule has 1 aliphatic carbocycles. The number of aliphatic hydroxyl groups is 1. The van der Waals surface area contributed by atoms with Gasteiger partial charge in [-0.25, -0.2) is 8.42 Å². The van der Waals surface area contributed by atoms with Crippen molar-refractivity contribution < 1.29 is 26.7 Å². The highest BCUT2D eigenvalue weighted by molar-refractivity contribution is 7.89. The number of nitrogens with zero attached hydrogens (tertiary/aromatic N) is 3. The van der Waals surface area contributed by atoms with Crippen LogP contribution in [0.4, 0.5) is 13.2 Å². The van der Waals surface area contributed by atoms with Crippen LogP contribution >= 0.6 is 0 Å². The molecular formula is C15H16F3N3O3S. The predicted molar refractivity (Wildman–Crippen MR) is 80.1 cm³/mol. The topological polar surface area (TPSA) is 82.3 Å². The van der Waals surface area contributed by atoms with E-state index in [2.05, 4.69) is 10.2 Å². The lowest BCUT2D eigenvalue weighted by Gasteiger charge is -2.60. The molecule has 0 radical (unpaired) electrons. The molecule has 2 heterocycles. The number of sulfonamides is 1. The van der Waals surface area contributed by atoms with Crippen molar-refractivity contribution in [3.05, 3.63) is 29.8 Å². The van der Waals surface area contributed by atoms with Gasteiger partial charge in [-0.1, -0.05) is 12.1 Å². The Labute approximate surface area is 142 Å². The van der Waals surface area contributed by atoms with Crippen molar-refractivity contribution in [2.75, 3.05) is 13.2 Å². The van der Waals surface area contributed by atoms with Gasteiger partial charge in [0.15, 0.2) is 0 Å². The lowest BCUT2D eigenvalue weighted by Crippen LogP contribution is -2.68. The van der Waals surface area contributed by atoms with Gasteiger partial charge in [-0.3, -0.25) is 0 Å². The van der Waals surface area contributed by atoms with Crippen molar-refractivity contribution in [3.8, 4) is 0 Å². The fourth-order valence-corrected chi connectivity index (χ4v) is 5.69. The van der Waals surface area contributed by atoms with E-state index in [0.29, 0.717) is 19.4 Å². The molecule has 0 bridgehead atoms. The summed E-state index contributed by atoms with van der Waals surface area (Å²) in [5, 5.41) is 15.4. The third-order valence-corrected chi connectivity index (χ3v) is 7.46. The first-order chi connectivity index (χ1) is 11.6. The van der Waals surface area contributed by atoms with Gasteiger partial charge in [0.1, 0.15) is 0 Å². The Morgan fingerprint density at radius 2 is 1.80 bits per heavy atom. The zero-order valence-corrected chi connectivity index (χ0v) is 13.9. The zero-order valence-electron chi connectivity index (χ0n) is 13.1. The first-order valence-electron chi connectivity index (χ1n) is 7.90. The maximum absolute atomic E-state index is 13.0. The van der Waals surface area contributed by atoms with Crippen LogP contribution in [0.2, 0.25) is 0 Å². The van der Waals surface area contributed by atoms with Gasteiger partial charge < -0.3 is 5.11 Å². The molecule has 4 rings (SSSR count). The highest BCUT2D eigenvalue weighted by Gasteiger charge is 2.65. The van der Waals surface area contributed by atoms with Crippen molar-refractivity contribution in [3.63, 3.8) is 0 Å². The molecule has 1 saturated carbocycles. The molecule has 0 aromatic heterocycles. The van der Waals surface area contributed by atoms with Crippen LogP contribution in [0.25, 0.3) is 0 Å². The predicted octanol–water partition coefficient (Wildman–Crippen LogP) is 2.40. The van der Waals surface area contributed by atoms with Crippen LogP contribution in [0, 0.1) is 5.92 Å². The van der Waals surface area contributed by atoms with Crippen LogP contribution in [0.5, 0.6) is 0 Å². The van der Waals surface area contributed by atoms with Crippen LogP contribution in [-0.4, -0.2) is 42.7 Å². The maximum Gasteiger partial charge on any atom is 0.442 e. The van der Waals surface area contributed by atoms with E-state index in [0.717, 1.165) is 18.6 Å². The zero-order chi connectivity index (χ0) is 18.1. The molecule has 136 valence electrons. The smallest absolute Gasteiger partial charge is 0.396 e. The van der Waals surface area contributed by atoms with Crippen molar-refractivity contribution >= 4 is 10.0 Å². The largest absolute Gasteiger partial charge is 0.442 e. The van der Waals surface area contributed by atoms with Gasteiger partial charge in [0.05, 0.1) is 4.90 Å². The van der Waals surface area contributed by atoms with Gasteiger partial charge in [0, 0.05) is 24.3 Å². The van der Waals surface area contributed by atoms with E-state index in [1.54, 1.807) is 0 Å². The van der Waals surface area contributed by atoms with E-state index >= 15 is 0 Å². The van der Waals surface area contributed by atoms with E-state index in [4.69, 9.17) is 5.11 Å². The van der Waals surface area contributed by atoms with Crippen LogP contribution in [0.15, 0.2) is 39.4 Å². The van der Waals surface area contributed by atoms with Gasteiger partial charge in [-0.15, -0.1) is 10.2 Å². The van der Waals surface area contributed by atoms with Gasteiger partial charge in [-0.2, -0.15) is 17.5 Å². The van der Waals surface area contributed by atoms with Gasteiger partial charge in [0.25, 0.3) is 0 Å². The van der Waals surface area contributed by atoms with Gasteiger partial charge >= 0.3 is 11.8 Å². The minimum Gasteiger partial charge on any atom is -0.396 e. The van der Waals surface area contributed by atoms with Crippen LogP contribution in [-0.2, 0) is 15.7 Å². The molecule has 1 aromatic rings. The first kappa shape index (κ1) is 16.9. The standard InChI is InChI=1S/C15H16F3N3O3S/c16-15(17,18)14(19-20-14)11-1-3-12(4-2-11)25(23,24)21-6-5-13(21)7-10(8-13)9-22/h1-4,10,22H,5-9H2. The third-order valence-electron chi connectivity index (χ3n) is 5.44. The Hall–Kier alpha value is -1.52.